The largest absolute Gasteiger partial charge is 0.454 e. The number of halogens is 1. The van der Waals surface area contributed by atoms with Crippen molar-refractivity contribution in [2.75, 3.05) is 26.4 Å². The van der Waals surface area contributed by atoms with E-state index in [1.165, 1.54) is 0 Å². The predicted octanol–water partition coefficient (Wildman–Crippen LogP) is 2.49. The van der Waals surface area contributed by atoms with Crippen molar-refractivity contribution in [2.45, 2.75) is 39.8 Å². The molecule has 0 bridgehead atoms. The Kier molecular flexibility index (Phi) is 6.46. The lowest BCUT2D eigenvalue weighted by Crippen LogP contribution is -2.45. The van der Waals surface area contributed by atoms with Gasteiger partial charge >= 0.3 is 0 Å². The number of aliphatic imine (C=N–C) groups is 1. The van der Waals surface area contributed by atoms with Gasteiger partial charge in [-0.25, -0.2) is 4.99 Å². The predicted molar refractivity (Wildman–Crippen MR) is 108 cm³/mol. The zero-order valence-electron chi connectivity index (χ0n) is 16.0. The highest BCUT2D eigenvalue weighted by atomic mass is 79.9. The number of rotatable bonds is 5. The summed E-state index contributed by atoms with van der Waals surface area (Å²) < 4.78 is 11.8. The van der Waals surface area contributed by atoms with Crippen LogP contribution in [0.1, 0.15) is 32.8 Å². The molecule has 1 unspecified atom stereocenters. The van der Waals surface area contributed by atoms with Crippen LogP contribution in [0.25, 0.3) is 0 Å². The zero-order chi connectivity index (χ0) is 19.4. The van der Waals surface area contributed by atoms with Crippen molar-refractivity contribution >= 4 is 27.8 Å². The van der Waals surface area contributed by atoms with Crippen LogP contribution in [0.15, 0.2) is 21.6 Å². The van der Waals surface area contributed by atoms with Crippen LogP contribution in [0.5, 0.6) is 11.5 Å². The molecule has 1 amide bonds. The summed E-state index contributed by atoms with van der Waals surface area (Å²) in [5, 5.41) is 6.74. The molecule has 0 radical (unpaired) electrons. The van der Waals surface area contributed by atoms with Crippen LogP contribution in [-0.4, -0.2) is 49.2 Å². The number of benzene rings is 1. The van der Waals surface area contributed by atoms with Crippen molar-refractivity contribution in [1.29, 1.82) is 0 Å². The van der Waals surface area contributed by atoms with Crippen LogP contribution in [0.2, 0.25) is 0 Å². The van der Waals surface area contributed by atoms with Gasteiger partial charge in [0.05, 0.1) is 11.0 Å². The average Bonchev–Trinajstić information content (AvgIpc) is 3.28. The molecule has 0 aliphatic carbocycles. The standard InChI is InChI=1S/C19H27BrN4O3/c1-4-21-19(23-14-5-6-24(10-14)18(25)12(2)3)22-9-13-7-15(20)17-16(8-13)26-11-27-17/h7-8,12,14H,4-6,9-11H2,1-3H3,(H2,21,22,23). The summed E-state index contributed by atoms with van der Waals surface area (Å²) in [5.41, 5.74) is 1.03. The van der Waals surface area contributed by atoms with E-state index in [0.29, 0.717) is 6.54 Å². The summed E-state index contributed by atoms with van der Waals surface area (Å²) >= 11 is 3.52. The van der Waals surface area contributed by atoms with E-state index in [2.05, 4.69) is 26.6 Å². The number of guanidine groups is 1. The fraction of sp³-hybridized carbons (Fsp3) is 0.579. The van der Waals surface area contributed by atoms with E-state index in [0.717, 1.165) is 53.5 Å². The highest BCUT2D eigenvalue weighted by molar-refractivity contribution is 9.10. The number of nitrogens with one attached hydrogen (secondary N) is 2. The Bertz CT molecular complexity index is 723. The van der Waals surface area contributed by atoms with Gasteiger partial charge < -0.3 is 25.0 Å². The van der Waals surface area contributed by atoms with E-state index in [4.69, 9.17) is 14.5 Å². The third-order valence-corrected chi connectivity index (χ3v) is 5.17. The molecule has 2 aliphatic heterocycles. The SMILES string of the molecule is CCNC(=NCc1cc(Br)c2c(c1)OCO2)NC1CCN(C(=O)C(C)C)C1. The molecule has 8 heteroatoms. The van der Waals surface area contributed by atoms with Crippen LogP contribution in [0.3, 0.4) is 0 Å². The highest BCUT2D eigenvalue weighted by Gasteiger charge is 2.28. The number of fused-ring (bicyclic) bond motifs is 1. The number of amides is 1. The molecule has 0 aromatic heterocycles. The average molecular weight is 439 g/mol. The minimum atomic E-state index is 0.0371. The van der Waals surface area contributed by atoms with Gasteiger partial charge in [-0.05, 0) is 47.0 Å². The number of carbonyl (C=O) groups excluding carboxylic acids is 1. The third-order valence-electron chi connectivity index (χ3n) is 4.59. The third kappa shape index (κ3) is 4.86. The van der Waals surface area contributed by atoms with Gasteiger partial charge in [-0.3, -0.25) is 4.79 Å². The lowest BCUT2D eigenvalue weighted by Gasteiger charge is -2.20. The zero-order valence-corrected chi connectivity index (χ0v) is 17.6. The topological polar surface area (TPSA) is 75.2 Å². The van der Waals surface area contributed by atoms with Crippen molar-refractivity contribution < 1.29 is 14.3 Å². The Balaban J connectivity index is 1.62. The number of hydrogen-bond donors (Lipinski definition) is 2. The van der Waals surface area contributed by atoms with Crippen LogP contribution in [0.4, 0.5) is 0 Å². The van der Waals surface area contributed by atoms with E-state index in [1.807, 2.05) is 37.8 Å². The number of ether oxygens (including phenoxy) is 2. The molecule has 1 aromatic carbocycles. The second-order valence-electron chi connectivity index (χ2n) is 7.08. The lowest BCUT2D eigenvalue weighted by atomic mass is 10.2. The Morgan fingerprint density at radius 2 is 2.22 bits per heavy atom. The Hall–Kier alpha value is -1.96. The summed E-state index contributed by atoms with van der Waals surface area (Å²) in [6, 6.07) is 4.17. The molecule has 1 saturated heterocycles. The Morgan fingerprint density at radius 1 is 1.41 bits per heavy atom. The molecule has 1 fully saturated rings. The summed E-state index contributed by atoms with van der Waals surface area (Å²) in [7, 11) is 0. The normalized spacial score (nSPS) is 18.9. The van der Waals surface area contributed by atoms with Crippen LogP contribution >= 0.6 is 15.9 Å². The maximum Gasteiger partial charge on any atom is 0.231 e. The van der Waals surface area contributed by atoms with Crippen molar-refractivity contribution in [2.24, 2.45) is 10.9 Å². The molecule has 0 saturated carbocycles. The first-order valence-electron chi connectivity index (χ1n) is 9.39. The first-order valence-corrected chi connectivity index (χ1v) is 10.2. The molecular weight excluding hydrogens is 412 g/mol. The summed E-state index contributed by atoms with van der Waals surface area (Å²) in [6.07, 6.45) is 0.929. The molecule has 2 aliphatic rings. The summed E-state index contributed by atoms with van der Waals surface area (Å²) in [6.45, 7) is 8.98. The molecule has 1 atom stereocenters. The van der Waals surface area contributed by atoms with Crippen LogP contribution in [-0.2, 0) is 11.3 Å². The monoisotopic (exact) mass is 438 g/mol. The van der Waals surface area contributed by atoms with Gasteiger partial charge in [0.15, 0.2) is 17.5 Å². The first kappa shape index (κ1) is 19.8. The number of hydrogen-bond acceptors (Lipinski definition) is 4. The van der Waals surface area contributed by atoms with Crippen molar-refractivity contribution in [3.05, 3.63) is 22.2 Å². The summed E-state index contributed by atoms with van der Waals surface area (Å²) in [5.74, 6) is 2.50. The molecule has 27 heavy (non-hydrogen) atoms. The maximum absolute atomic E-state index is 12.2. The van der Waals surface area contributed by atoms with Gasteiger partial charge in [-0.15, -0.1) is 0 Å². The Labute approximate surface area is 168 Å². The number of nitrogens with zero attached hydrogens (tertiary/aromatic N) is 2. The maximum atomic E-state index is 12.2. The molecule has 2 heterocycles. The van der Waals surface area contributed by atoms with Gasteiger partial charge in [0, 0.05) is 31.6 Å². The molecule has 148 valence electrons. The second kappa shape index (κ2) is 8.82. The van der Waals surface area contributed by atoms with Crippen molar-refractivity contribution in [1.82, 2.24) is 15.5 Å². The minimum Gasteiger partial charge on any atom is -0.454 e. The number of likely N-dealkylation sites (tertiary alicyclic amines) is 1. The number of carbonyl (C=O) groups is 1. The van der Waals surface area contributed by atoms with E-state index in [1.54, 1.807) is 0 Å². The van der Waals surface area contributed by atoms with E-state index in [9.17, 15) is 4.79 Å². The van der Waals surface area contributed by atoms with Crippen LogP contribution in [0, 0.1) is 5.92 Å². The summed E-state index contributed by atoms with van der Waals surface area (Å²) in [4.78, 5) is 18.8. The van der Waals surface area contributed by atoms with Gasteiger partial charge in [0.2, 0.25) is 12.7 Å². The molecule has 0 spiro atoms. The lowest BCUT2D eigenvalue weighted by molar-refractivity contribution is -0.133. The van der Waals surface area contributed by atoms with Crippen molar-refractivity contribution in [3.8, 4) is 11.5 Å². The fourth-order valence-electron chi connectivity index (χ4n) is 3.24. The van der Waals surface area contributed by atoms with Gasteiger partial charge in [0.25, 0.3) is 0 Å². The van der Waals surface area contributed by atoms with E-state index >= 15 is 0 Å². The smallest absolute Gasteiger partial charge is 0.231 e. The highest BCUT2D eigenvalue weighted by Crippen LogP contribution is 2.40. The second-order valence-corrected chi connectivity index (χ2v) is 7.93. The molecular formula is C19H27BrN4O3. The van der Waals surface area contributed by atoms with Gasteiger partial charge in [-0.2, -0.15) is 0 Å². The van der Waals surface area contributed by atoms with Crippen molar-refractivity contribution in [3.63, 3.8) is 0 Å². The van der Waals surface area contributed by atoms with Crippen LogP contribution < -0.4 is 20.1 Å². The molecule has 1 aromatic rings. The fourth-order valence-corrected chi connectivity index (χ4v) is 3.84. The molecule has 3 rings (SSSR count). The quantitative estimate of drug-likeness (QED) is 0.545. The first-order chi connectivity index (χ1) is 13.0. The van der Waals surface area contributed by atoms with E-state index in [-0.39, 0.29) is 24.7 Å². The molecule has 2 N–H and O–H groups in total. The van der Waals surface area contributed by atoms with E-state index < -0.39 is 0 Å². The minimum absolute atomic E-state index is 0.0371. The van der Waals surface area contributed by atoms with Gasteiger partial charge in [-0.1, -0.05) is 13.8 Å². The van der Waals surface area contributed by atoms with Gasteiger partial charge in [0.1, 0.15) is 0 Å². The molecule has 7 nitrogen and oxygen atoms in total. The Morgan fingerprint density at radius 3 is 2.96 bits per heavy atom.